The van der Waals surface area contributed by atoms with Gasteiger partial charge in [-0.15, -0.1) is 0 Å². The Labute approximate surface area is 170 Å². The van der Waals surface area contributed by atoms with Gasteiger partial charge >= 0.3 is 0 Å². The fourth-order valence-electron chi connectivity index (χ4n) is 3.22. The second-order valence-corrected chi connectivity index (χ2v) is 6.76. The third kappa shape index (κ3) is 4.32. The first-order valence-corrected chi connectivity index (χ1v) is 9.26. The highest BCUT2D eigenvalue weighted by atomic mass is 16.5. The summed E-state index contributed by atoms with van der Waals surface area (Å²) in [5.74, 6) is 0.985. The summed E-state index contributed by atoms with van der Waals surface area (Å²) in [4.78, 5) is 12.6. The fraction of sp³-hybridized carbons (Fsp3) is 0.217. The van der Waals surface area contributed by atoms with Crippen LogP contribution in [0.15, 0.2) is 53.6 Å². The van der Waals surface area contributed by atoms with Gasteiger partial charge in [-0.05, 0) is 68.8 Å². The van der Waals surface area contributed by atoms with Crippen LogP contribution in [0.25, 0.3) is 5.69 Å². The molecule has 1 heterocycles. The number of carbonyl (C=O) groups excluding carboxylic acids is 1. The monoisotopic (exact) mass is 391 g/mol. The molecule has 0 aliphatic carbocycles. The SMILES string of the molecule is COc1cc(C)c(C=NNC(=O)c2cccc(-n3c(C)ccc3C)c2)cc1OC. The van der Waals surface area contributed by atoms with Crippen molar-refractivity contribution in [1.29, 1.82) is 0 Å². The van der Waals surface area contributed by atoms with E-state index in [0.717, 1.165) is 28.2 Å². The number of ether oxygens (including phenoxy) is 2. The van der Waals surface area contributed by atoms with Gasteiger partial charge in [0.05, 0.1) is 20.4 Å². The van der Waals surface area contributed by atoms with Gasteiger partial charge in [0.1, 0.15) is 0 Å². The standard InChI is InChI=1S/C23H25N3O3/c1-15-11-21(28-4)22(29-5)13-19(15)14-24-25-23(27)18-7-6-8-20(12-18)26-16(2)9-10-17(26)3/h6-14H,1-5H3,(H,25,27). The molecular formula is C23H25N3O3. The second kappa shape index (κ2) is 8.65. The largest absolute Gasteiger partial charge is 0.493 e. The Morgan fingerprint density at radius 2 is 1.62 bits per heavy atom. The van der Waals surface area contributed by atoms with E-state index in [9.17, 15) is 4.79 Å². The molecule has 0 saturated carbocycles. The highest BCUT2D eigenvalue weighted by Gasteiger charge is 2.10. The lowest BCUT2D eigenvalue weighted by Gasteiger charge is -2.11. The average Bonchev–Trinajstić information content (AvgIpc) is 3.06. The van der Waals surface area contributed by atoms with E-state index in [1.807, 2.05) is 51.1 Å². The molecule has 6 nitrogen and oxygen atoms in total. The van der Waals surface area contributed by atoms with Gasteiger partial charge in [-0.2, -0.15) is 5.10 Å². The first kappa shape index (κ1) is 20.2. The Morgan fingerprint density at radius 3 is 2.28 bits per heavy atom. The lowest BCUT2D eigenvalue weighted by molar-refractivity contribution is 0.0955. The zero-order chi connectivity index (χ0) is 21.0. The summed E-state index contributed by atoms with van der Waals surface area (Å²) in [6, 6.07) is 15.3. The summed E-state index contributed by atoms with van der Waals surface area (Å²) in [5.41, 5.74) is 8.09. The van der Waals surface area contributed by atoms with Gasteiger partial charge in [-0.1, -0.05) is 6.07 Å². The van der Waals surface area contributed by atoms with Crippen molar-refractivity contribution in [2.45, 2.75) is 20.8 Å². The summed E-state index contributed by atoms with van der Waals surface area (Å²) >= 11 is 0. The number of hydrazone groups is 1. The first-order chi connectivity index (χ1) is 13.9. The van der Waals surface area contributed by atoms with Gasteiger partial charge in [0.15, 0.2) is 11.5 Å². The smallest absolute Gasteiger partial charge is 0.271 e. The van der Waals surface area contributed by atoms with Crippen LogP contribution < -0.4 is 14.9 Å². The molecule has 0 unspecified atom stereocenters. The second-order valence-electron chi connectivity index (χ2n) is 6.76. The van der Waals surface area contributed by atoms with Crippen LogP contribution in [0, 0.1) is 20.8 Å². The molecule has 0 aliphatic rings. The molecule has 150 valence electrons. The Balaban J connectivity index is 1.77. The summed E-state index contributed by atoms with van der Waals surface area (Å²) in [6.45, 7) is 6.02. The summed E-state index contributed by atoms with van der Waals surface area (Å²) in [6.07, 6.45) is 1.60. The predicted molar refractivity (Wildman–Crippen MR) is 115 cm³/mol. The Hall–Kier alpha value is -3.54. The van der Waals surface area contributed by atoms with Gasteiger partial charge in [0.2, 0.25) is 0 Å². The minimum atomic E-state index is -0.274. The van der Waals surface area contributed by atoms with E-state index < -0.39 is 0 Å². The minimum Gasteiger partial charge on any atom is -0.493 e. The summed E-state index contributed by atoms with van der Waals surface area (Å²) in [7, 11) is 3.17. The van der Waals surface area contributed by atoms with Crippen LogP contribution in [0.4, 0.5) is 0 Å². The quantitative estimate of drug-likeness (QED) is 0.506. The van der Waals surface area contributed by atoms with Crippen molar-refractivity contribution in [3.8, 4) is 17.2 Å². The molecule has 3 rings (SSSR count). The van der Waals surface area contributed by atoms with E-state index in [0.29, 0.717) is 17.1 Å². The minimum absolute atomic E-state index is 0.274. The van der Waals surface area contributed by atoms with Crippen LogP contribution in [0.5, 0.6) is 11.5 Å². The number of aromatic nitrogens is 1. The van der Waals surface area contributed by atoms with Crippen LogP contribution >= 0.6 is 0 Å². The number of amides is 1. The molecule has 29 heavy (non-hydrogen) atoms. The van der Waals surface area contributed by atoms with E-state index in [-0.39, 0.29) is 5.91 Å². The van der Waals surface area contributed by atoms with Crippen molar-refractivity contribution in [2.24, 2.45) is 5.10 Å². The molecule has 0 spiro atoms. The maximum atomic E-state index is 12.6. The van der Waals surface area contributed by atoms with Crippen molar-refractivity contribution in [3.05, 3.63) is 76.6 Å². The Bertz CT molecular complexity index is 1050. The van der Waals surface area contributed by atoms with E-state index >= 15 is 0 Å². The van der Waals surface area contributed by atoms with E-state index in [2.05, 4.69) is 27.2 Å². The molecule has 1 N–H and O–H groups in total. The molecule has 6 heteroatoms. The number of carbonyl (C=O) groups is 1. The number of benzene rings is 2. The normalized spacial score (nSPS) is 10.9. The van der Waals surface area contributed by atoms with Crippen molar-refractivity contribution in [3.63, 3.8) is 0 Å². The molecule has 0 aliphatic heterocycles. The van der Waals surface area contributed by atoms with E-state index in [4.69, 9.17) is 9.47 Å². The zero-order valence-electron chi connectivity index (χ0n) is 17.3. The lowest BCUT2D eigenvalue weighted by Crippen LogP contribution is -2.18. The van der Waals surface area contributed by atoms with Crippen molar-refractivity contribution in [1.82, 2.24) is 9.99 Å². The molecule has 3 aromatic rings. The molecule has 0 radical (unpaired) electrons. The summed E-state index contributed by atoms with van der Waals surface area (Å²) in [5, 5.41) is 4.11. The number of hydrogen-bond donors (Lipinski definition) is 1. The maximum Gasteiger partial charge on any atom is 0.271 e. The number of aryl methyl sites for hydroxylation is 3. The van der Waals surface area contributed by atoms with Gasteiger partial charge in [-0.3, -0.25) is 4.79 Å². The van der Waals surface area contributed by atoms with Crippen molar-refractivity contribution in [2.75, 3.05) is 14.2 Å². The van der Waals surface area contributed by atoms with Gasteiger partial charge in [0, 0.05) is 28.2 Å². The molecule has 1 amide bonds. The molecule has 0 bridgehead atoms. The van der Waals surface area contributed by atoms with E-state index in [1.165, 1.54) is 0 Å². The van der Waals surface area contributed by atoms with Crippen LogP contribution in [0.1, 0.15) is 32.9 Å². The topological polar surface area (TPSA) is 64.8 Å². The average molecular weight is 391 g/mol. The van der Waals surface area contributed by atoms with Gasteiger partial charge in [-0.25, -0.2) is 5.43 Å². The van der Waals surface area contributed by atoms with Crippen LogP contribution in [0.2, 0.25) is 0 Å². The van der Waals surface area contributed by atoms with Crippen molar-refractivity contribution < 1.29 is 14.3 Å². The van der Waals surface area contributed by atoms with Crippen LogP contribution in [-0.4, -0.2) is 30.9 Å². The highest BCUT2D eigenvalue weighted by molar-refractivity contribution is 5.95. The predicted octanol–water partition coefficient (Wildman–Crippen LogP) is 4.18. The van der Waals surface area contributed by atoms with Crippen molar-refractivity contribution >= 4 is 12.1 Å². The van der Waals surface area contributed by atoms with Crippen LogP contribution in [-0.2, 0) is 0 Å². The molecular weight excluding hydrogens is 366 g/mol. The molecule has 0 saturated heterocycles. The highest BCUT2D eigenvalue weighted by Crippen LogP contribution is 2.29. The number of nitrogens with zero attached hydrogens (tertiary/aromatic N) is 2. The Kier molecular flexibility index (Phi) is 6.02. The third-order valence-electron chi connectivity index (χ3n) is 4.78. The van der Waals surface area contributed by atoms with E-state index in [1.54, 1.807) is 26.5 Å². The Morgan fingerprint density at radius 1 is 0.966 bits per heavy atom. The summed E-state index contributed by atoms with van der Waals surface area (Å²) < 4.78 is 12.7. The first-order valence-electron chi connectivity index (χ1n) is 9.26. The number of nitrogens with one attached hydrogen (secondary N) is 1. The number of methoxy groups -OCH3 is 2. The number of rotatable bonds is 6. The zero-order valence-corrected chi connectivity index (χ0v) is 17.3. The van der Waals surface area contributed by atoms with Gasteiger partial charge < -0.3 is 14.0 Å². The molecule has 1 aromatic heterocycles. The van der Waals surface area contributed by atoms with Crippen LogP contribution in [0.3, 0.4) is 0 Å². The van der Waals surface area contributed by atoms with Gasteiger partial charge in [0.25, 0.3) is 5.91 Å². The number of hydrogen-bond acceptors (Lipinski definition) is 4. The lowest BCUT2D eigenvalue weighted by atomic mass is 10.1. The molecule has 0 atom stereocenters. The fourth-order valence-corrected chi connectivity index (χ4v) is 3.22. The molecule has 0 fully saturated rings. The maximum absolute atomic E-state index is 12.6. The molecule has 2 aromatic carbocycles. The third-order valence-corrected chi connectivity index (χ3v) is 4.78.